The second kappa shape index (κ2) is 7.41. The molecule has 1 aromatic carbocycles. The molecule has 1 unspecified atom stereocenters. The second-order valence-electron chi connectivity index (χ2n) is 4.61. The first-order valence-corrected chi connectivity index (χ1v) is 6.21. The third-order valence-corrected chi connectivity index (χ3v) is 2.85. The van der Waals surface area contributed by atoms with E-state index < -0.39 is 7.12 Å². The summed E-state index contributed by atoms with van der Waals surface area (Å²) < 4.78 is 11.1. The van der Waals surface area contributed by atoms with Gasteiger partial charge in [-0.15, -0.1) is 0 Å². The number of hydrogen-bond donors (Lipinski definition) is 2. The van der Waals surface area contributed by atoms with Gasteiger partial charge in [0, 0.05) is 0 Å². The molecule has 0 heterocycles. The van der Waals surface area contributed by atoms with Crippen molar-refractivity contribution in [2.24, 2.45) is 5.92 Å². The smallest absolute Gasteiger partial charge is 0.488 e. The molecular weight excluding hydrogens is 231 g/mol. The Bertz CT molecular complexity index is 337. The monoisotopic (exact) mass is 252 g/mol. The highest BCUT2D eigenvalue weighted by Crippen LogP contribution is 2.08. The lowest BCUT2D eigenvalue weighted by Gasteiger charge is -2.16. The highest BCUT2D eigenvalue weighted by molar-refractivity contribution is 6.58. The van der Waals surface area contributed by atoms with E-state index in [0.29, 0.717) is 30.3 Å². The summed E-state index contributed by atoms with van der Waals surface area (Å²) in [7, 11) is -1.44. The average Bonchev–Trinajstić information content (AvgIpc) is 2.34. The molecule has 1 rings (SSSR count). The molecule has 0 aliphatic carbocycles. The Morgan fingerprint density at radius 2 is 1.67 bits per heavy atom. The van der Waals surface area contributed by atoms with Gasteiger partial charge in [0.05, 0.1) is 12.7 Å². The summed E-state index contributed by atoms with van der Waals surface area (Å²) >= 11 is 0. The number of benzene rings is 1. The van der Waals surface area contributed by atoms with Crippen molar-refractivity contribution in [1.29, 1.82) is 0 Å². The first kappa shape index (κ1) is 15.0. The second-order valence-corrected chi connectivity index (χ2v) is 4.61. The first-order valence-electron chi connectivity index (χ1n) is 6.21. The largest absolute Gasteiger partial charge is 0.491 e. The normalized spacial score (nSPS) is 12.6. The van der Waals surface area contributed by atoms with E-state index in [1.165, 1.54) is 0 Å². The van der Waals surface area contributed by atoms with Crippen molar-refractivity contribution in [3.05, 3.63) is 24.3 Å². The van der Waals surface area contributed by atoms with Gasteiger partial charge in [-0.3, -0.25) is 0 Å². The predicted molar refractivity (Wildman–Crippen MR) is 72.0 cm³/mol. The van der Waals surface area contributed by atoms with Crippen LogP contribution in [0.3, 0.4) is 0 Å². The van der Waals surface area contributed by atoms with Crippen LogP contribution < -0.4 is 10.2 Å². The van der Waals surface area contributed by atoms with Crippen LogP contribution in [0, 0.1) is 5.92 Å². The van der Waals surface area contributed by atoms with Crippen LogP contribution in [-0.4, -0.2) is 36.5 Å². The third kappa shape index (κ3) is 5.08. The Balaban J connectivity index is 2.27. The predicted octanol–water partition coefficient (Wildman–Crippen LogP) is 0.806. The lowest BCUT2D eigenvalue weighted by atomic mass is 9.80. The molecule has 0 spiro atoms. The van der Waals surface area contributed by atoms with Crippen LogP contribution in [0.1, 0.15) is 20.8 Å². The zero-order valence-corrected chi connectivity index (χ0v) is 11.2. The Morgan fingerprint density at radius 3 is 2.17 bits per heavy atom. The zero-order valence-electron chi connectivity index (χ0n) is 11.2. The van der Waals surface area contributed by atoms with E-state index in [0.717, 1.165) is 0 Å². The molecule has 0 saturated heterocycles. The van der Waals surface area contributed by atoms with E-state index >= 15 is 0 Å². The molecule has 1 atom stereocenters. The maximum absolute atomic E-state index is 8.94. The summed E-state index contributed by atoms with van der Waals surface area (Å²) in [5.41, 5.74) is 0.451. The van der Waals surface area contributed by atoms with Crippen LogP contribution >= 0.6 is 0 Å². The Hall–Kier alpha value is -1.04. The Labute approximate surface area is 109 Å². The third-order valence-electron chi connectivity index (χ3n) is 2.85. The molecular formula is C13H21BO4. The highest BCUT2D eigenvalue weighted by atomic mass is 16.5. The van der Waals surface area contributed by atoms with Crippen LogP contribution in [0.5, 0.6) is 5.75 Å². The zero-order chi connectivity index (χ0) is 13.5. The standard InChI is InChI=1S/C13H21BO4/c1-10(2)11(3)17-8-9-18-13-6-4-12(5-7-13)14(15)16/h4-7,10-11,15-16H,8-9H2,1-3H3. The molecule has 0 aliphatic rings. The fourth-order valence-electron chi connectivity index (χ4n) is 1.32. The minimum absolute atomic E-state index is 0.223. The van der Waals surface area contributed by atoms with Crippen molar-refractivity contribution in [2.75, 3.05) is 13.2 Å². The molecule has 4 nitrogen and oxygen atoms in total. The van der Waals surface area contributed by atoms with Crippen LogP contribution in [0.2, 0.25) is 0 Å². The highest BCUT2D eigenvalue weighted by Gasteiger charge is 2.10. The van der Waals surface area contributed by atoms with E-state index in [1.807, 2.05) is 6.92 Å². The van der Waals surface area contributed by atoms with E-state index in [9.17, 15) is 0 Å². The fourth-order valence-corrected chi connectivity index (χ4v) is 1.32. The van der Waals surface area contributed by atoms with Crippen molar-refractivity contribution < 1.29 is 19.5 Å². The molecule has 1 aromatic rings. The van der Waals surface area contributed by atoms with Crippen molar-refractivity contribution in [1.82, 2.24) is 0 Å². The van der Waals surface area contributed by atoms with Gasteiger partial charge in [-0.2, -0.15) is 0 Å². The maximum atomic E-state index is 8.94. The molecule has 2 N–H and O–H groups in total. The van der Waals surface area contributed by atoms with Crippen LogP contribution in [-0.2, 0) is 4.74 Å². The van der Waals surface area contributed by atoms with Crippen molar-refractivity contribution in [3.63, 3.8) is 0 Å². The van der Waals surface area contributed by atoms with Gasteiger partial charge in [-0.1, -0.05) is 26.0 Å². The topological polar surface area (TPSA) is 58.9 Å². The van der Waals surface area contributed by atoms with Gasteiger partial charge in [0.25, 0.3) is 0 Å². The van der Waals surface area contributed by atoms with Crippen molar-refractivity contribution >= 4 is 12.6 Å². The maximum Gasteiger partial charge on any atom is 0.488 e. The summed E-state index contributed by atoms with van der Waals surface area (Å²) in [6.45, 7) is 7.30. The molecule has 0 bridgehead atoms. The van der Waals surface area contributed by atoms with Gasteiger partial charge < -0.3 is 19.5 Å². The SMILES string of the molecule is CC(C)C(C)OCCOc1ccc(B(O)O)cc1. The summed E-state index contributed by atoms with van der Waals surface area (Å²) in [6, 6.07) is 6.66. The molecule has 0 aliphatic heterocycles. The fraction of sp³-hybridized carbons (Fsp3) is 0.538. The van der Waals surface area contributed by atoms with E-state index in [2.05, 4.69) is 13.8 Å². The molecule has 0 amide bonds. The summed E-state index contributed by atoms with van der Waals surface area (Å²) in [5.74, 6) is 1.19. The lowest BCUT2D eigenvalue weighted by Crippen LogP contribution is -2.29. The molecule has 0 fully saturated rings. The van der Waals surface area contributed by atoms with Gasteiger partial charge in [0.2, 0.25) is 0 Å². The van der Waals surface area contributed by atoms with E-state index in [4.69, 9.17) is 19.5 Å². The minimum Gasteiger partial charge on any atom is -0.491 e. The summed E-state index contributed by atoms with van der Waals surface area (Å²) in [6.07, 6.45) is 0.223. The van der Waals surface area contributed by atoms with Crippen molar-refractivity contribution in [2.45, 2.75) is 26.9 Å². The molecule has 0 saturated carbocycles. The number of hydrogen-bond acceptors (Lipinski definition) is 4. The van der Waals surface area contributed by atoms with Crippen LogP contribution in [0.25, 0.3) is 0 Å². The van der Waals surface area contributed by atoms with Crippen LogP contribution in [0.15, 0.2) is 24.3 Å². The van der Waals surface area contributed by atoms with E-state index in [1.54, 1.807) is 24.3 Å². The Morgan fingerprint density at radius 1 is 1.06 bits per heavy atom. The quantitative estimate of drug-likeness (QED) is 0.557. The van der Waals surface area contributed by atoms with Gasteiger partial charge in [-0.25, -0.2) is 0 Å². The van der Waals surface area contributed by atoms with Crippen LogP contribution in [0.4, 0.5) is 0 Å². The summed E-state index contributed by atoms with van der Waals surface area (Å²) in [4.78, 5) is 0. The molecule has 5 heteroatoms. The van der Waals surface area contributed by atoms with Gasteiger partial charge >= 0.3 is 7.12 Å². The number of rotatable bonds is 7. The summed E-state index contributed by atoms with van der Waals surface area (Å²) in [5, 5.41) is 17.9. The van der Waals surface area contributed by atoms with Crippen molar-refractivity contribution in [3.8, 4) is 5.75 Å². The molecule has 0 aromatic heterocycles. The number of ether oxygens (including phenoxy) is 2. The lowest BCUT2D eigenvalue weighted by molar-refractivity contribution is 0.0188. The average molecular weight is 252 g/mol. The first-order chi connectivity index (χ1) is 8.50. The van der Waals surface area contributed by atoms with Gasteiger partial charge in [0.15, 0.2) is 0 Å². The molecule has 18 heavy (non-hydrogen) atoms. The van der Waals surface area contributed by atoms with E-state index in [-0.39, 0.29) is 6.10 Å². The van der Waals surface area contributed by atoms with Gasteiger partial charge in [-0.05, 0) is 30.4 Å². The van der Waals surface area contributed by atoms with Gasteiger partial charge in [0.1, 0.15) is 12.4 Å². The molecule has 100 valence electrons. The molecule has 0 radical (unpaired) electrons. The minimum atomic E-state index is -1.44. The Kier molecular flexibility index (Phi) is 6.19.